The highest BCUT2D eigenvalue weighted by Crippen LogP contribution is 2.15. The fourth-order valence-electron chi connectivity index (χ4n) is 6.87. The number of amides is 1. The normalized spacial score (nSPS) is 12.9. The van der Waals surface area contributed by atoms with Crippen molar-refractivity contribution in [1.29, 1.82) is 0 Å². The minimum Gasteiger partial charge on any atom is -0.466 e. The van der Waals surface area contributed by atoms with Gasteiger partial charge >= 0.3 is 5.97 Å². The zero-order valence-electron chi connectivity index (χ0n) is 35.2. The van der Waals surface area contributed by atoms with Crippen LogP contribution in [0.3, 0.4) is 0 Å². The molecular formula is C47H89NO5. The predicted molar refractivity (Wildman–Crippen MR) is 227 cm³/mol. The van der Waals surface area contributed by atoms with Gasteiger partial charge in [-0.15, -0.1) is 0 Å². The van der Waals surface area contributed by atoms with Crippen LogP contribution in [0.4, 0.5) is 0 Å². The summed E-state index contributed by atoms with van der Waals surface area (Å²) in [6, 6.07) is -0.577. The average Bonchev–Trinajstić information content (AvgIpc) is 3.16. The van der Waals surface area contributed by atoms with E-state index in [0.29, 0.717) is 25.9 Å². The van der Waals surface area contributed by atoms with E-state index in [9.17, 15) is 19.8 Å². The zero-order chi connectivity index (χ0) is 38.7. The molecule has 2 atom stereocenters. The van der Waals surface area contributed by atoms with E-state index < -0.39 is 12.1 Å². The van der Waals surface area contributed by atoms with E-state index >= 15 is 0 Å². The molecule has 0 aliphatic heterocycles. The first-order valence-corrected chi connectivity index (χ1v) is 23.1. The molecule has 0 aliphatic carbocycles. The van der Waals surface area contributed by atoms with Gasteiger partial charge in [0.2, 0.25) is 5.91 Å². The predicted octanol–water partition coefficient (Wildman–Crippen LogP) is 13.2. The van der Waals surface area contributed by atoms with Crippen LogP contribution in [0.2, 0.25) is 0 Å². The lowest BCUT2D eigenvalue weighted by Crippen LogP contribution is -2.45. The summed E-state index contributed by atoms with van der Waals surface area (Å²) in [5.74, 6) is -0.142. The molecule has 0 spiro atoms. The Balaban J connectivity index is 3.54. The molecule has 0 aromatic rings. The van der Waals surface area contributed by atoms with Crippen molar-refractivity contribution in [3.63, 3.8) is 0 Å². The Morgan fingerprint density at radius 1 is 0.509 bits per heavy atom. The number of rotatable bonds is 42. The number of ether oxygens (including phenoxy) is 1. The van der Waals surface area contributed by atoms with Gasteiger partial charge in [-0.05, 0) is 70.6 Å². The molecule has 6 nitrogen and oxygen atoms in total. The first-order valence-electron chi connectivity index (χ1n) is 23.1. The van der Waals surface area contributed by atoms with Crippen LogP contribution in [-0.4, -0.2) is 47.4 Å². The fourth-order valence-corrected chi connectivity index (χ4v) is 6.87. The summed E-state index contributed by atoms with van der Waals surface area (Å²) < 4.78 is 5.43. The van der Waals surface area contributed by atoms with E-state index in [1.165, 1.54) is 135 Å². The molecule has 0 saturated carbocycles. The minimum atomic E-state index is -0.693. The largest absolute Gasteiger partial charge is 0.466 e. The maximum Gasteiger partial charge on any atom is 0.305 e. The van der Waals surface area contributed by atoms with Gasteiger partial charge in [-0.25, -0.2) is 0 Å². The van der Waals surface area contributed by atoms with E-state index in [2.05, 4.69) is 43.5 Å². The number of allylic oxidation sites excluding steroid dienone is 4. The van der Waals surface area contributed by atoms with Crippen LogP contribution in [0, 0.1) is 0 Å². The lowest BCUT2D eigenvalue weighted by Gasteiger charge is -2.22. The third-order valence-corrected chi connectivity index (χ3v) is 10.5. The highest BCUT2D eigenvalue weighted by Gasteiger charge is 2.19. The van der Waals surface area contributed by atoms with Gasteiger partial charge in [-0.1, -0.05) is 179 Å². The van der Waals surface area contributed by atoms with Crippen molar-refractivity contribution in [3.05, 3.63) is 24.3 Å². The van der Waals surface area contributed by atoms with E-state index in [1.807, 2.05) is 0 Å². The third kappa shape index (κ3) is 39.8. The standard InChI is InChI=1S/C47H89NO5/c1-3-5-7-9-11-13-15-16-17-18-19-21-25-29-33-37-41-47(52)53-42-38-34-30-26-22-24-28-32-36-40-46(51)48-44(43-49)45(50)39-35-31-27-23-20-14-12-10-8-6-4-2/h17-18,24,28,44-45,49-50H,3-16,19-23,25-27,29-43H2,1-2H3,(H,48,51)/b18-17-,28-24-. The molecule has 0 radical (unpaired) electrons. The second-order valence-electron chi connectivity index (χ2n) is 15.7. The summed E-state index contributed by atoms with van der Waals surface area (Å²) in [7, 11) is 0. The summed E-state index contributed by atoms with van der Waals surface area (Å²) >= 11 is 0. The third-order valence-electron chi connectivity index (χ3n) is 10.5. The van der Waals surface area contributed by atoms with E-state index in [0.717, 1.165) is 70.6 Å². The number of aliphatic hydroxyl groups excluding tert-OH is 2. The average molecular weight is 748 g/mol. The molecule has 0 saturated heterocycles. The van der Waals surface area contributed by atoms with Crippen LogP contribution in [0.1, 0.15) is 239 Å². The van der Waals surface area contributed by atoms with Gasteiger partial charge in [0.25, 0.3) is 0 Å². The van der Waals surface area contributed by atoms with Gasteiger partial charge in [0.05, 0.1) is 25.4 Å². The maximum atomic E-state index is 12.4. The Morgan fingerprint density at radius 2 is 0.906 bits per heavy atom. The Bertz CT molecular complexity index is 828. The van der Waals surface area contributed by atoms with Gasteiger partial charge < -0.3 is 20.3 Å². The van der Waals surface area contributed by atoms with Gasteiger partial charge in [-0.2, -0.15) is 0 Å². The first kappa shape index (κ1) is 51.3. The quantitative estimate of drug-likeness (QED) is 0.0328. The lowest BCUT2D eigenvalue weighted by molar-refractivity contribution is -0.143. The number of hydrogen-bond donors (Lipinski definition) is 3. The second-order valence-corrected chi connectivity index (χ2v) is 15.7. The van der Waals surface area contributed by atoms with E-state index in [-0.39, 0.29) is 18.5 Å². The SMILES string of the molecule is CCCCCCCCC/C=C\CCCCCCCC(=O)OCCCCCC/C=C\CCCC(=O)NC(CO)C(O)CCCCCCCCCCCCC. The summed E-state index contributed by atoms with van der Waals surface area (Å²) in [5.41, 5.74) is 0. The minimum absolute atomic E-state index is 0.0439. The van der Waals surface area contributed by atoms with Crippen LogP contribution < -0.4 is 5.32 Å². The van der Waals surface area contributed by atoms with Gasteiger partial charge in [0.1, 0.15) is 0 Å². The Hall–Kier alpha value is -1.66. The molecule has 0 heterocycles. The molecule has 0 rings (SSSR count). The Morgan fingerprint density at radius 3 is 1.38 bits per heavy atom. The highest BCUT2D eigenvalue weighted by atomic mass is 16.5. The van der Waals surface area contributed by atoms with Gasteiger partial charge in [-0.3, -0.25) is 9.59 Å². The van der Waals surface area contributed by atoms with Crippen molar-refractivity contribution in [3.8, 4) is 0 Å². The van der Waals surface area contributed by atoms with E-state index in [4.69, 9.17) is 4.74 Å². The fraction of sp³-hybridized carbons (Fsp3) is 0.872. The second kappa shape index (κ2) is 43.1. The number of nitrogens with one attached hydrogen (secondary N) is 1. The number of carbonyl (C=O) groups excluding carboxylic acids is 2. The van der Waals surface area contributed by atoms with E-state index in [1.54, 1.807) is 0 Å². The van der Waals surface area contributed by atoms with Crippen molar-refractivity contribution in [2.45, 2.75) is 251 Å². The Labute approximate surface area is 329 Å². The molecule has 3 N–H and O–H groups in total. The molecule has 0 fully saturated rings. The summed E-state index contributed by atoms with van der Waals surface area (Å²) in [4.78, 5) is 24.4. The number of aliphatic hydroxyl groups is 2. The van der Waals surface area contributed by atoms with Crippen molar-refractivity contribution < 1.29 is 24.5 Å². The topological polar surface area (TPSA) is 95.9 Å². The molecule has 53 heavy (non-hydrogen) atoms. The van der Waals surface area contributed by atoms with Crippen molar-refractivity contribution in [2.75, 3.05) is 13.2 Å². The molecule has 0 aliphatic rings. The van der Waals surface area contributed by atoms with Crippen LogP contribution >= 0.6 is 0 Å². The summed E-state index contributed by atoms with van der Waals surface area (Å²) in [6.45, 7) is 4.83. The Kier molecular flexibility index (Phi) is 41.7. The smallest absolute Gasteiger partial charge is 0.305 e. The van der Waals surface area contributed by atoms with Crippen LogP contribution in [0.25, 0.3) is 0 Å². The van der Waals surface area contributed by atoms with Crippen molar-refractivity contribution in [2.24, 2.45) is 0 Å². The van der Waals surface area contributed by atoms with Crippen LogP contribution in [0.5, 0.6) is 0 Å². The molecule has 2 unspecified atom stereocenters. The molecule has 0 bridgehead atoms. The number of carbonyl (C=O) groups is 2. The van der Waals surface area contributed by atoms with Crippen LogP contribution in [-0.2, 0) is 14.3 Å². The molecule has 0 aromatic heterocycles. The van der Waals surface area contributed by atoms with Crippen molar-refractivity contribution >= 4 is 11.9 Å². The van der Waals surface area contributed by atoms with Crippen molar-refractivity contribution in [1.82, 2.24) is 5.32 Å². The number of esters is 1. The molecule has 1 amide bonds. The van der Waals surface area contributed by atoms with Gasteiger partial charge in [0.15, 0.2) is 0 Å². The van der Waals surface area contributed by atoms with Crippen LogP contribution in [0.15, 0.2) is 24.3 Å². The summed E-state index contributed by atoms with van der Waals surface area (Å²) in [6.07, 6.45) is 48.6. The zero-order valence-corrected chi connectivity index (χ0v) is 35.2. The van der Waals surface area contributed by atoms with Gasteiger partial charge in [0, 0.05) is 12.8 Å². The molecular weight excluding hydrogens is 659 g/mol. The molecule has 6 heteroatoms. The number of hydrogen-bond acceptors (Lipinski definition) is 5. The monoisotopic (exact) mass is 748 g/mol. The number of unbranched alkanes of at least 4 members (excludes halogenated alkanes) is 27. The lowest BCUT2D eigenvalue weighted by atomic mass is 10.0. The maximum absolute atomic E-state index is 12.4. The highest BCUT2D eigenvalue weighted by molar-refractivity contribution is 5.76. The first-order chi connectivity index (χ1) is 26.0. The summed E-state index contributed by atoms with van der Waals surface area (Å²) in [5, 5.41) is 23.0. The molecule has 312 valence electrons. The molecule has 0 aromatic carbocycles.